The SMILES string of the molecule is Cc1cccc(-c2ncc(C(F)(F)F)cn2)n1. The number of alkyl halides is 3. The van der Waals surface area contributed by atoms with E-state index < -0.39 is 11.7 Å². The van der Waals surface area contributed by atoms with Gasteiger partial charge in [-0.2, -0.15) is 13.2 Å². The van der Waals surface area contributed by atoms with E-state index in [0.717, 1.165) is 18.1 Å². The summed E-state index contributed by atoms with van der Waals surface area (Å²) in [6.07, 6.45) is -2.91. The van der Waals surface area contributed by atoms with E-state index in [2.05, 4.69) is 15.0 Å². The molecule has 0 N–H and O–H groups in total. The second-order valence-corrected chi connectivity index (χ2v) is 3.46. The zero-order valence-electron chi connectivity index (χ0n) is 8.86. The molecule has 17 heavy (non-hydrogen) atoms. The number of hydrogen-bond acceptors (Lipinski definition) is 3. The van der Waals surface area contributed by atoms with Crippen molar-refractivity contribution in [2.24, 2.45) is 0 Å². The molecule has 88 valence electrons. The molecule has 3 nitrogen and oxygen atoms in total. The van der Waals surface area contributed by atoms with Crippen LogP contribution in [0.1, 0.15) is 11.3 Å². The number of halogens is 3. The highest BCUT2D eigenvalue weighted by Crippen LogP contribution is 2.28. The summed E-state index contributed by atoms with van der Waals surface area (Å²) < 4.78 is 36.9. The minimum Gasteiger partial charge on any atom is -0.250 e. The van der Waals surface area contributed by atoms with Gasteiger partial charge in [-0.1, -0.05) is 6.07 Å². The summed E-state index contributed by atoms with van der Waals surface area (Å²) in [7, 11) is 0. The molecule has 0 aromatic carbocycles. The lowest BCUT2D eigenvalue weighted by Gasteiger charge is -2.05. The molecule has 0 aliphatic heterocycles. The Morgan fingerprint density at radius 2 is 1.71 bits per heavy atom. The van der Waals surface area contributed by atoms with E-state index in [1.807, 2.05) is 0 Å². The lowest BCUT2D eigenvalue weighted by atomic mass is 10.3. The first-order valence-electron chi connectivity index (χ1n) is 4.80. The van der Waals surface area contributed by atoms with E-state index in [9.17, 15) is 13.2 Å². The Bertz CT molecular complexity index is 520. The third-order valence-electron chi connectivity index (χ3n) is 2.10. The van der Waals surface area contributed by atoms with E-state index in [0.29, 0.717) is 5.69 Å². The Morgan fingerprint density at radius 1 is 1.06 bits per heavy atom. The van der Waals surface area contributed by atoms with Crippen LogP contribution in [0, 0.1) is 6.92 Å². The van der Waals surface area contributed by atoms with Crippen molar-refractivity contribution in [3.8, 4) is 11.5 Å². The normalized spacial score (nSPS) is 11.5. The fourth-order valence-electron chi connectivity index (χ4n) is 1.27. The number of pyridine rings is 1. The van der Waals surface area contributed by atoms with Gasteiger partial charge in [0, 0.05) is 18.1 Å². The van der Waals surface area contributed by atoms with E-state index in [-0.39, 0.29) is 5.82 Å². The summed E-state index contributed by atoms with van der Waals surface area (Å²) in [4.78, 5) is 11.5. The van der Waals surface area contributed by atoms with Crippen molar-refractivity contribution in [2.75, 3.05) is 0 Å². The van der Waals surface area contributed by atoms with Crippen LogP contribution < -0.4 is 0 Å². The van der Waals surface area contributed by atoms with Gasteiger partial charge in [0.05, 0.1) is 5.56 Å². The molecule has 2 heterocycles. The quantitative estimate of drug-likeness (QED) is 0.768. The number of hydrogen-bond donors (Lipinski definition) is 0. The van der Waals surface area contributed by atoms with Crippen LogP contribution in [0.15, 0.2) is 30.6 Å². The van der Waals surface area contributed by atoms with Crippen LogP contribution in [0.5, 0.6) is 0 Å². The van der Waals surface area contributed by atoms with Crippen molar-refractivity contribution in [3.05, 3.63) is 41.9 Å². The molecular weight excluding hydrogens is 231 g/mol. The molecule has 0 atom stereocenters. The molecule has 0 amide bonds. The molecule has 0 unspecified atom stereocenters. The molecular formula is C11H8F3N3. The predicted octanol–water partition coefficient (Wildman–Crippen LogP) is 2.87. The second kappa shape index (κ2) is 4.12. The highest BCUT2D eigenvalue weighted by molar-refractivity contribution is 5.48. The maximum absolute atomic E-state index is 12.3. The van der Waals surface area contributed by atoms with Crippen LogP contribution in [0.2, 0.25) is 0 Å². The van der Waals surface area contributed by atoms with Crippen molar-refractivity contribution in [1.29, 1.82) is 0 Å². The molecule has 0 spiro atoms. The van der Waals surface area contributed by atoms with Crippen molar-refractivity contribution in [1.82, 2.24) is 15.0 Å². The fraction of sp³-hybridized carbons (Fsp3) is 0.182. The average molecular weight is 239 g/mol. The first-order chi connectivity index (χ1) is 7.97. The molecule has 6 heteroatoms. The lowest BCUT2D eigenvalue weighted by Crippen LogP contribution is -2.06. The summed E-state index contributed by atoms with van der Waals surface area (Å²) in [5, 5.41) is 0. The molecule has 0 radical (unpaired) electrons. The van der Waals surface area contributed by atoms with Gasteiger partial charge in [-0.3, -0.25) is 0 Å². The molecule has 2 aromatic heterocycles. The van der Waals surface area contributed by atoms with Crippen molar-refractivity contribution < 1.29 is 13.2 Å². The number of aromatic nitrogens is 3. The van der Waals surface area contributed by atoms with Gasteiger partial charge in [-0.25, -0.2) is 15.0 Å². The summed E-state index contributed by atoms with van der Waals surface area (Å²) in [6, 6.07) is 5.18. The first-order valence-corrected chi connectivity index (χ1v) is 4.80. The summed E-state index contributed by atoms with van der Waals surface area (Å²) in [6.45, 7) is 1.79. The summed E-state index contributed by atoms with van der Waals surface area (Å²) >= 11 is 0. The first kappa shape index (κ1) is 11.5. The van der Waals surface area contributed by atoms with E-state index in [1.54, 1.807) is 25.1 Å². The van der Waals surface area contributed by atoms with Gasteiger partial charge in [0.15, 0.2) is 5.82 Å². The van der Waals surface area contributed by atoms with E-state index in [1.165, 1.54) is 0 Å². The van der Waals surface area contributed by atoms with Crippen LogP contribution in [0.25, 0.3) is 11.5 Å². The van der Waals surface area contributed by atoms with Crippen LogP contribution >= 0.6 is 0 Å². The maximum Gasteiger partial charge on any atom is 0.419 e. The monoisotopic (exact) mass is 239 g/mol. The Morgan fingerprint density at radius 3 is 2.24 bits per heavy atom. The smallest absolute Gasteiger partial charge is 0.250 e. The van der Waals surface area contributed by atoms with Gasteiger partial charge in [-0.05, 0) is 19.1 Å². The van der Waals surface area contributed by atoms with Gasteiger partial charge in [-0.15, -0.1) is 0 Å². The van der Waals surface area contributed by atoms with Gasteiger partial charge in [0.2, 0.25) is 0 Å². The third kappa shape index (κ3) is 2.58. The summed E-state index contributed by atoms with van der Waals surface area (Å²) in [5.41, 5.74) is 0.346. The number of aryl methyl sites for hydroxylation is 1. The minimum absolute atomic E-state index is 0.182. The third-order valence-corrected chi connectivity index (χ3v) is 2.10. The Hall–Kier alpha value is -1.98. The number of rotatable bonds is 1. The summed E-state index contributed by atoms with van der Waals surface area (Å²) in [5.74, 6) is 0.182. The van der Waals surface area contributed by atoms with E-state index >= 15 is 0 Å². The molecule has 0 bridgehead atoms. The lowest BCUT2D eigenvalue weighted by molar-refractivity contribution is -0.138. The Kier molecular flexibility index (Phi) is 2.79. The zero-order valence-corrected chi connectivity index (χ0v) is 8.86. The van der Waals surface area contributed by atoms with E-state index in [4.69, 9.17) is 0 Å². The topological polar surface area (TPSA) is 38.7 Å². The highest BCUT2D eigenvalue weighted by Gasteiger charge is 2.31. The molecule has 0 aliphatic carbocycles. The van der Waals surface area contributed by atoms with Gasteiger partial charge in [0.1, 0.15) is 5.69 Å². The second-order valence-electron chi connectivity index (χ2n) is 3.46. The van der Waals surface area contributed by atoms with Gasteiger partial charge in [0.25, 0.3) is 0 Å². The van der Waals surface area contributed by atoms with Crippen LogP contribution in [0.3, 0.4) is 0 Å². The Balaban J connectivity index is 2.36. The molecule has 2 rings (SSSR count). The average Bonchev–Trinajstić information content (AvgIpc) is 2.28. The molecule has 2 aromatic rings. The zero-order chi connectivity index (χ0) is 12.5. The van der Waals surface area contributed by atoms with Crippen LogP contribution in [-0.2, 0) is 6.18 Å². The fourth-order valence-corrected chi connectivity index (χ4v) is 1.27. The molecule has 0 aliphatic rings. The standard InChI is InChI=1S/C11H8F3N3/c1-7-3-2-4-9(17-7)10-15-5-8(6-16-10)11(12,13)14/h2-6H,1H3. The van der Waals surface area contributed by atoms with Crippen molar-refractivity contribution in [2.45, 2.75) is 13.1 Å². The van der Waals surface area contributed by atoms with Crippen LogP contribution in [-0.4, -0.2) is 15.0 Å². The van der Waals surface area contributed by atoms with Gasteiger partial charge >= 0.3 is 6.18 Å². The van der Waals surface area contributed by atoms with Crippen LogP contribution in [0.4, 0.5) is 13.2 Å². The maximum atomic E-state index is 12.3. The van der Waals surface area contributed by atoms with Crippen molar-refractivity contribution in [3.63, 3.8) is 0 Å². The molecule has 0 saturated heterocycles. The number of nitrogens with zero attached hydrogens (tertiary/aromatic N) is 3. The largest absolute Gasteiger partial charge is 0.419 e. The minimum atomic E-state index is -4.42. The molecule has 0 saturated carbocycles. The van der Waals surface area contributed by atoms with Gasteiger partial charge < -0.3 is 0 Å². The highest BCUT2D eigenvalue weighted by atomic mass is 19.4. The van der Waals surface area contributed by atoms with Crippen molar-refractivity contribution >= 4 is 0 Å². The Labute approximate surface area is 95.4 Å². The predicted molar refractivity (Wildman–Crippen MR) is 55.0 cm³/mol. The molecule has 0 fully saturated rings.